The molecule has 3 atom stereocenters. The molecule has 2 fully saturated rings. The van der Waals surface area contributed by atoms with Crippen molar-refractivity contribution in [3.05, 3.63) is 71.3 Å². The van der Waals surface area contributed by atoms with E-state index in [-0.39, 0.29) is 17.7 Å². The molecule has 8 heteroatoms. The van der Waals surface area contributed by atoms with Gasteiger partial charge >= 0.3 is 0 Å². The second-order valence-electron chi connectivity index (χ2n) is 11.5. The van der Waals surface area contributed by atoms with Crippen molar-refractivity contribution in [2.45, 2.75) is 64.6 Å². The molecule has 1 aliphatic carbocycles. The van der Waals surface area contributed by atoms with Gasteiger partial charge in [0.2, 0.25) is 17.7 Å². The molecule has 8 nitrogen and oxygen atoms in total. The van der Waals surface area contributed by atoms with Crippen LogP contribution in [-0.2, 0) is 33.9 Å². The number of hydrogen-bond acceptors (Lipinski definition) is 5. The summed E-state index contributed by atoms with van der Waals surface area (Å²) in [5.74, 6) is -1.40. The van der Waals surface area contributed by atoms with E-state index in [0.29, 0.717) is 26.1 Å². The molecule has 1 aliphatic heterocycles. The lowest BCUT2D eigenvalue weighted by atomic mass is 9.84. The highest BCUT2D eigenvalue weighted by Crippen LogP contribution is 2.26. The highest BCUT2D eigenvalue weighted by Gasteiger charge is 2.34. The third-order valence-electron chi connectivity index (χ3n) is 8.71. The van der Waals surface area contributed by atoms with Crippen molar-refractivity contribution in [2.75, 3.05) is 26.2 Å². The van der Waals surface area contributed by atoms with E-state index in [9.17, 15) is 14.4 Å². The summed E-state index contributed by atoms with van der Waals surface area (Å²) in [4.78, 5) is 42.5. The minimum Gasteiger partial charge on any atom is -0.369 e. The molecule has 216 valence electrons. The number of nitrogens with zero attached hydrogens (tertiary/aromatic N) is 2. The van der Waals surface area contributed by atoms with Gasteiger partial charge in [0.25, 0.3) is 0 Å². The van der Waals surface area contributed by atoms with Crippen molar-refractivity contribution in [1.29, 1.82) is 0 Å². The molecule has 2 aromatic rings. The van der Waals surface area contributed by atoms with Gasteiger partial charge in [-0.1, -0.05) is 80.8 Å². The van der Waals surface area contributed by atoms with Crippen LogP contribution in [0.15, 0.2) is 54.6 Å². The number of piperazine rings is 1. The maximum absolute atomic E-state index is 13.6. The zero-order valence-corrected chi connectivity index (χ0v) is 23.8. The number of nitrogens with two attached hydrogens (primary N) is 2. The van der Waals surface area contributed by atoms with E-state index in [2.05, 4.69) is 22.3 Å². The number of amides is 3. The Hall–Kier alpha value is -3.23. The summed E-state index contributed by atoms with van der Waals surface area (Å²) in [6.07, 6.45) is 6.01. The number of hydrogen-bond donors (Lipinski definition) is 3. The quantitative estimate of drug-likeness (QED) is 0.399. The standard InChI is InChI=1S/C32H45N5O3/c1-23(30(34)38)28(32(40)37-18-16-36(17-19-37)22-26-8-4-2-5-9-26)20-24-12-14-25(15-13-24)21-35-31(39)29(33)27-10-6-3-7-11-27/h2,4-5,8-9,12-15,23,27-29H,3,6-7,10-11,16-22,33H2,1H3,(H2,34,38)(H,35,39)/t23?,28-,29+/m1/s1. The van der Waals surface area contributed by atoms with E-state index < -0.39 is 23.8 Å². The normalized spacial score (nSPS) is 19.0. The van der Waals surface area contributed by atoms with Crippen LogP contribution in [0.2, 0.25) is 0 Å². The summed E-state index contributed by atoms with van der Waals surface area (Å²) in [5, 5.41) is 2.98. The summed E-state index contributed by atoms with van der Waals surface area (Å²) in [5.41, 5.74) is 15.1. The van der Waals surface area contributed by atoms with E-state index in [1.165, 1.54) is 12.0 Å². The van der Waals surface area contributed by atoms with Crippen molar-refractivity contribution in [3.63, 3.8) is 0 Å². The van der Waals surface area contributed by atoms with Crippen molar-refractivity contribution in [2.24, 2.45) is 29.2 Å². The average molecular weight is 548 g/mol. The van der Waals surface area contributed by atoms with Crippen LogP contribution in [0.25, 0.3) is 0 Å². The summed E-state index contributed by atoms with van der Waals surface area (Å²) in [6, 6.07) is 17.7. The van der Waals surface area contributed by atoms with Gasteiger partial charge < -0.3 is 21.7 Å². The van der Waals surface area contributed by atoms with Gasteiger partial charge in [0.05, 0.1) is 12.0 Å². The largest absolute Gasteiger partial charge is 0.369 e. The van der Waals surface area contributed by atoms with Crippen LogP contribution in [0.1, 0.15) is 55.7 Å². The zero-order chi connectivity index (χ0) is 28.5. The van der Waals surface area contributed by atoms with Gasteiger partial charge in [-0.2, -0.15) is 0 Å². The third-order valence-corrected chi connectivity index (χ3v) is 8.71. The molecule has 4 rings (SSSR count). The molecular formula is C32H45N5O3. The molecule has 2 aromatic carbocycles. The van der Waals surface area contributed by atoms with E-state index in [1.807, 2.05) is 47.4 Å². The molecular weight excluding hydrogens is 502 g/mol. The Morgan fingerprint density at radius 3 is 2.12 bits per heavy atom. The third kappa shape index (κ3) is 8.15. The number of primary amides is 1. The van der Waals surface area contributed by atoms with E-state index >= 15 is 0 Å². The summed E-state index contributed by atoms with van der Waals surface area (Å²) in [7, 11) is 0. The molecule has 0 aromatic heterocycles. The minimum absolute atomic E-state index is 0.0151. The van der Waals surface area contributed by atoms with Crippen molar-refractivity contribution in [3.8, 4) is 0 Å². The van der Waals surface area contributed by atoms with Gasteiger partial charge in [0, 0.05) is 45.2 Å². The highest BCUT2D eigenvalue weighted by atomic mass is 16.2. The van der Waals surface area contributed by atoms with Gasteiger partial charge in [-0.05, 0) is 41.9 Å². The smallest absolute Gasteiger partial charge is 0.237 e. The Labute approximate surface area is 238 Å². The first kappa shape index (κ1) is 29.7. The lowest BCUT2D eigenvalue weighted by molar-refractivity contribution is -0.142. The van der Waals surface area contributed by atoms with Crippen molar-refractivity contribution >= 4 is 17.7 Å². The Kier molecular flexibility index (Phi) is 10.7. The Bertz CT molecular complexity index is 1110. The van der Waals surface area contributed by atoms with E-state index in [4.69, 9.17) is 11.5 Å². The number of carbonyl (C=O) groups is 3. The molecule has 0 radical (unpaired) electrons. The van der Waals surface area contributed by atoms with E-state index in [1.54, 1.807) is 6.92 Å². The maximum atomic E-state index is 13.6. The average Bonchev–Trinajstić information content (AvgIpc) is 2.99. The fourth-order valence-electron chi connectivity index (χ4n) is 5.94. The molecule has 1 unspecified atom stereocenters. The fraction of sp³-hybridized carbons (Fsp3) is 0.531. The van der Waals surface area contributed by atoms with Crippen molar-refractivity contribution < 1.29 is 14.4 Å². The fourth-order valence-corrected chi connectivity index (χ4v) is 5.94. The van der Waals surface area contributed by atoms with E-state index in [0.717, 1.165) is 56.4 Å². The number of carbonyl (C=O) groups excluding carboxylic acids is 3. The zero-order valence-electron chi connectivity index (χ0n) is 23.8. The van der Waals surface area contributed by atoms with Crippen LogP contribution < -0.4 is 16.8 Å². The highest BCUT2D eigenvalue weighted by molar-refractivity contribution is 5.87. The van der Waals surface area contributed by atoms with Crippen LogP contribution in [0, 0.1) is 17.8 Å². The first-order valence-corrected chi connectivity index (χ1v) is 14.8. The first-order chi connectivity index (χ1) is 19.3. The number of benzene rings is 2. The predicted octanol–water partition coefficient (Wildman–Crippen LogP) is 2.83. The molecule has 3 amide bonds. The second kappa shape index (κ2) is 14.4. The van der Waals surface area contributed by atoms with Gasteiger partial charge in [-0.25, -0.2) is 0 Å². The molecule has 0 bridgehead atoms. The van der Waals surface area contributed by atoms with Gasteiger partial charge in [0.1, 0.15) is 0 Å². The molecule has 5 N–H and O–H groups in total. The Morgan fingerprint density at radius 1 is 0.875 bits per heavy atom. The summed E-state index contributed by atoms with van der Waals surface area (Å²) < 4.78 is 0. The molecule has 1 saturated carbocycles. The predicted molar refractivity (Wildman–Crippen MR) is 157 cm³/mol. The Morgan fingerprint density at radius 2 is 1.50 bits per heavy atom. The number of rotatable bonds is 11. The number of nitrogens with one attached hydrogen (secondary N) is 1. The van der Waals surface area contributed by atoms with Crippen molar-refractivity contribution in [1.82, 2.24) is 15.1 Å². The SMILES string of the molecule is CC(C(N)=O)[C@@H](Cc1ccc(CNC(=O)[C@@H](N)C2CCCCC2)cc1)C(=O)N1CCN(Cc2ccccc2)CC1. The minimum atomic E-state index is -0.574. The lowest BCUT2D eigenvalue weighted by Crippen LogP contribution is -2.51. The van der Waals surface area contributed by atoms with Crippen LogP contribution in [0.5, 0.6) is 0 Å². The topological polar surface area (TPSA) is 122 Å². The molecule has 40 heavy (non-hydrogen) atoms. The Balaban J connectivity index is 1.30. The first-order valence-electron chi connectivity index (χ1n) is 14.8. The van der Waals surface area contributed by atoms with Gasteiger partial charge in [-0.3, -0.25) is 19.3 Å². The second-order valence-corrected chi connectivity index (χ2v) is 11.5. The van der Waals surface area contributed by atoms with Crippen LogP contribution in [0.4, 0.5) is 0 Å². The monoisotopic (exact) mass is 547 g/mol. The molecule has 1 heterocycles. The summed E-state index contributed by atoms with van der Waals surface area (Å²) >= 11 is 0. The molecule has 0 spiro atoms. The molecule has 2 aliphatic rings. The lowest BCUT2D eigenvalue weighted by Gasteiger charge is -2.37. The van der Waals surface area contributed by atoms with Crippen LogP contribution in [-0.4, -0.2) is 59.7 Å². The maximum Gasteiger partial charge on any atom is 0.237 e. The van der Waals surface area contributed by atoms with Crippen LogP contribution >= 0.6 is 0 Å². The van der Waals surface area contributed by atoms with Gasteiger partial charge in [-0.15, -0.1) is 0 Å². The summed E-state index contributed by atoms with van der Waals surface area (Å²) in [6.45, 7) is 5.88. The van der Waals surface area contributed by atoms with Crippen LogP contribution in [0.3, 0.4) is 0 Å². The van der Waals surface area contributed by atoms with Gasteiger partial charge in [0.15, 0.2) is 0 Å². The molecule has 1 saturated heterocycles.